The van der Waals surface area contributed by atoms with Gasteiger partial charge in [-0.3, -0.25) is 0 Å². The zero-order valence-electron chi connectivity index (χ0n) is 9.70. The predicted octanol–water partition coefficient (Wildman–Crippen LogP) is 1.57. The van der Waals surface area contributed by atoms with Crippen molar-refractivity contribution < 1.29 is 19.4 Å². The number of nitrogens with zero attached hydrogens (tertiary/aromatic N) is 1. The predicted molar refractivity (Wildman–Crippen MR) is 62.2 cm³/mol. The van der Waals surface area contributed by atoms with E-state index in [-0.39, 0.29) is 12.7 Å². The molecule has 2 atom stereocenters. The van der Waals surface area contributed by atoms with Crippen molar-refractivity contribution in [1.29, 1.82) is 5.26 Å². The quantitative estimate of drug-likeness (QED) is 0.873. The van der Waals surface area contributed by atoms with Crippen LogP contribution in [0.1, 0.15) is 18.4 Å². The van der Waals surface area contributed by atoms with Crippen LogP contribution in [0.3, 0.4) is 0 Å². The van der Waals surface area contributed by atoms with Crippen LogP contribution in [0.15, 0.2) is 24.3 Å². The summed E-state index contributed by atoms with van der Waals surface area (Å²) < 4.78 is 10.8. The van der Waals surface area contributed by atoms with Crippen molar-refractivity contribution >= 4 is 5.97 Å². The number of para-hydroxylation sites is 1. The molecule has 0 radical (unpaired) electrons. The maximum Gasteiger partial charge on any atom is 0.332 e. The molecule has 1 N–H and O–H groups in total. The average Bonchev–Trinajstić information content (AvgIpc) is 2.85. The molecule has 1 saturated heterocycles. The Morgan fingerprint density at radius 1 is 1.50 bits per heavy atom. The number of rotatable bonds is 4. The number of benzene rings is 1. The van der Waals surface area contributed by atoms with Crippen LogP contribution in [0.25, 0.3) is 0 Å². The maximum absolute atomic E-state index is 10.7. The third kappa shape index (κ3) is 2.79. The van der Waals surface area contributed by atoms with Gasteiger partial charge in [0, 0.05) is 0 Å². The van der Waals surface area contributed by atoms with Crippen molar-refractivity contribution in [3.63, 3.8) is 0 Å². The summed E-state index contributed by atoms with van der Waals surface area (Å²) in [5.74, 6) is -0.433. The molecule has 0 saturated carbocycles. The summed E-state index contributed by atoms with van der Waals surface area (Å²) in [6.07, 6.45) is 0.206. The van der Waals surface area contributed by atoms with Gasteiger partial charge >= 0.3 is 5.97 Å². The van der Waals surface area contributed by atoms with E-state index in [0.717, 1.165) is 0 Å². The molecule has 1 aromatic carbocycles. The molecule has 0 aliphatic carbocycles. The highest BCUT2D eigenvalue weighted by Gasteiger charge is 2.30. The first-order valence-corrected chi connectivity index (χ1v) is 5.71. The molecule has 2 rings (SSSR count). The number of nitriles is 1. The van der Waals surface area contributed by atoms with Crippen molar-refractivity contribution in [2.45, 2.75) is 25.0 Å². The fourth-order valence-corrected chi connectivity index (χ4v) is 1.88. The number of hydrogen-bond acceptors (Lipinski definition) is 4. The summed E-state index contributed by atoms with van der Waals surface area (Å²) in [7, 11) is 0. The Kier molecular flexibility index (Phi) is 3.80. The number of aliphatic carboxylic acids is 1. The summed E-state index contributed by atoms with van der Waals surface area (Å²) in [4.78, 5) is 10.7. The fraction of sp³-hybridized carbons (Fsp3) is 0.385. The van der Waals surface area contributed by atoms with Crippen LogP contribution in [0.4, 0.5) is 0 Å². The van der Waals surface area contributed by atoms with Gasteiger partial charge in [0.2, 0.25) is 0 Å². The Balaban J connectivity index is 1.89. The minimum Gasteiger partial charge on any atom is -0.489 e. The van der Waals surface area contributed by atoms with Crippen LogP contribution in [0, 0.1) is 11.3 Å². The molecule has 0 amide bonds. The van der Waals surface area contributed by atoms with Crippen molar-refractivity contribution in [2.24, 2.45) is 0 Å². The summed E-state index contributed by atoms with van der Waals surface area (Å²) in [5, 5.41) is 17.7. The molecule has 2 unspecified atom stereocenters. The zero-order valence-corrected chi connectivity index (χ0v) is 9.70. The van der Waals surface area contributed by atoms with Crippen molar-refractivity contribution in [2.75, 3.05) is 6.61 Å². The first-order chi connectivity index (χ1) is 8.70. The molecule has 0 bridgehead atoms. The summed E-state index contributed by atoms with van der Waals surface area (Å²) >= 11 is 0. The smallest absolute Gasteiger partial charge is 0.332 e. The van der Waals surface area contributed by atoms with Crippen molar-refractivity contribution in [1.82, 2.24) is 0 Å². The highest BCUT2D eigenvalue weighted by atomic mass is 16.6. The molecule has 94 valence electrons. The van der Waals surface area contributed by atoms with E-state index in [1.54, 1.807) is 24.3 Å². The molecule has 1 aliphatic heterocycles. The summed E-state index contributed by atoms with van der Waals surface area (Å²) in [5.41, 5.74) is 0.463. The van der Waals surface area contributed by atoms with Crippen LogP contribution in [0.2, 0.25) is 0 Å². The lowest BCUT2D eigenvalue weighted by molar-refractivity contribution is -0.149. The Hall–Kier alpha value is -2.06. The second-order valence-corrected chi connectivity index (χ2v) is 4.08. The van der Waals surface area contributed by atoms with E-state index in [4.69, 9.17) is 19.8 Å². The molecule has 1 heterocycles. The maximum atomic E-state index is 10.7. The minimum absolute atomic E-state index is 0.224. The van der Waals surface area contributed by atoms with Gasteiger partial charge in [0.1, 0.15) is 18.4 Å². The molecule has 18 heavy (non-hydrogen) atoms. The first-order valence-electron chi connectivity index (χ1n) is 5.71. The molecule has 5 nitrogen and oxygen atoms in total. The fourth-order valence-electron chi connectivity index (χ4n) is 1.88. The highest BCUT2D eigenvalue weighted by Crippen LogP contribution is 2.22. The normalized spacial score (nSPS) is 22.4. The van der Waals surface area contributed by atoms with Crippen LogP contribution in [0.5, 0.6) is 5.75 Å². The molecule has 1 aliphatic rings. The van der Waals surface area contributed by atoms with Gasteiger partial charge in [0.25, 0.3) is 0 Å². The summed E-state index contributed by atoms with van der Waals surface area (Å²) in [6, 6.07) is 8.97. The largest absolute Gasteiger partial charge is 0.489 e. The lowest BCUT2D eigenvalue weighted by atomic mass is 10.2. The topological polar surface area (TPSA) is 79.5 Å². The third-order valence-corrected chi connectivity index (χ3v) is 2.82. The van der Waals surface area contributed by atoms with Gasteiger partial charge in [-0.25, -0.2) is 4.79 Å². The first kappa shape index (κ1) is 12.4. The molecule has 0 spiro atoms. The monoisotopic (exact) mass is 247 g/mol. The lowest BCUT2D eigenvalue weighted by Crippen LogP contribution is -2.23. The number of hydrogen-bond donors (Lipinski definition) is 1. The van der Waals surface area contributed by atoms with E-state index in [0.29, 0.717) is 24.2 Å². The molecular weight excluding hydrogens is 234 g/mol. The number of ether oxygens (including phenoxy) is 2. The second-order valence-electron chi connectivity index (χ2n) is 4.08. The van der Waals surface area contributed by atoms with Gasteiger partial charge in [0.05, 0.1) is 11.7 Å². The average molecular weight is 247 g/mol. The van der Waals surface area contributed by atoms with Gasteiger partial charge in [-0.2, -0.15) is 5.26 Å². The molecule has 1 aromatic rings. The molecular formula is C13H13NO4. The summed E-state index contributed by atoms with van der Waals surface area (Å²) in [6.45, 7) is 0.266. The van der Waals surface area contributed by atoms with E-state index >= 15 is 0 Å². The van der Waals surface area contributed by atoms with Crippen LogP contribution in [-0.4, -0.2) is 29.9 Å². The number of carboxylic acids is 1. The second kappa shape index (κ2) is 5.52. The van der Waals surface area contributed by atoms with Crippen molar-refractivity contribution in [3.05, 3.63) is 29.8 Å². The zero-order chi connectivity index (χ0) is 13.0. The van der Waals surface area contributed by atoms with Gasteiger partial charge in [-0.1, -0.05) is 12.1 Å². The number of carbonyl (C=O) groups is 1. The van der Waals surface area contributed by atoms with Gasteiger partial charge in [0.15, 0.2) is 6.10 Å². The Labute approximate surface area is 105 Å². The lowest BCUT2D eigenvalue weighted by Gasteiger charge is -2.13. The Morgan fingerprint density at radius 3 is 2.94 bits per heavy atom. The SMILES string of the molecule is N#Cc1ccccc1OCC1CCC(C(=O)O)O1. The molecule has 1 fully saturated rings. The Bertz CT molecular complexity index is 480. The van der Waals surface area contributed by atoms with Crippen LogP contribution < -0.4 is 4.74 Å². The van der Waals surface area contributed by atoms with Gasteiger partial charge in [-0.15, -0.1) is 0 Å². The minimum atomic E-state index is -0.935. The van der Waals surface area contributed by atoms with E-state index in [1.165, 1.54) is 0 Å². The van der Waals surface area contributed by atoms with E-state index in [9.17, 15) is 4.79 Å². The number of carboxylic acid groups (broad SMARTS) is 1. The standard InChI is InChI=1S/C13H13NO4/c14-7-9-3-1-2-4-11(9)17-8-10-5-6-12(18-10)13(15)16/h1-4,10,12H,5-6,8H2,(H,15,16). The molecule has 0 aromatic heterocycles. The van der Waals surface area contributed by atoms with Gasteiger partial charge in [-0.05, 0) is 25.0 Å². The van der Waals surface area contributed by atoms with Gasteiger partial charge < -0.3 is 14.6 Å². The van der Waals surface area contributed by atoms with Crippen LogP contribution >= 0.6 is 0 Å². The highest BCUT2D eigenvalue weighted by molar-refractivity contribution is 5.72. The molecule has 5 heteroatoms. The van der Waals surface area contributed by atoms with E-state index in [1.807, 2.05) is 6.07 Å². The van der Waals surface area contributed by atoms with E-state index < -0.39 is 12.1 Å². The van der Waals surface area contributed by atoms with E-state index in [2.05, 4.69) is 0 Å². The Morgan fingerprint density at radius 2 is 2.28 bits per heavy atom. The van der Waals surface area contributed by atoms with Crippen LogP contribution in [-0.2, 0) is 9.53 Å². The third-order valence-electron chi connectivity index (χ3n) is 2.82. The van der Waals surface area contributed by atoms with Crippen molar-refractivity contribution in [3.8, 4) is 11.8 Å².